The molecule has 58 heavy (non-hydrogen) atoms. The van der Waals surface area contributed by atoms with E-state index in [4.69, 9.17) is 57.5 Å². The second-order valence-corrected chi connectivity index (χ2v) is 15.6. The van der Waals surface area contributed by atoms with Crippen LogP contribution in [0.15, 0.2) is 24.3 Å². The second-order valence-electron chi connectivity index (χ2n) is 13.6. The maximum atomic E-state index is 14.1. The Hall–Kier alpha value is -3.56. The SMILES string of the molecule is CCOC(=O)c1c(OC(=O)C(C)(C)COCCOCCOP(O)O)c(OC(=O)C(C)(C)COCCOCCOP(=O)(O)O)c(C(=O)N(C)C)n1-c1ccc(OC)cc1. The molecule has 1 amide bonds. The van der Waals surface area contributed by atoms with Crippen molar-refractivity contribution < 1.29 is 90.3 Å². The minimum atomic E-state index is -4.64. The molecule has 0 atom stereocenters. The number of hydrogen-bond acceptors (Lipinski definition) is 17. The van der Waals surface area contributed by atoms with Crippen LogP contribution in [0.2, 0.25) is 0 Å². The number of benzene rings is 1. The van der Waals surface area contributed by atoms with Crippen molar-refractivity contribution in [2.24, 2.45) is 10.8 Å². The zero-order valence-corrected chi connectivity index (χ0v) is 35.6. The van der Waals surface area contributed by atoms with Crippen molar-refractivity contribution in [3.8, 4) is 22.9 Å². The maximum absolute atomic E-state index is 14.1. The standard InChI is InChI=1S/C35H54N2O19P2/c1-9-52-31(39)27-29(56-33(41)35(4,5)23-50-16-14-48-18-20-53-57(42)43)28(26(30(38)36(6)7)37(27)24-10-12-25(47-8)13-11-24)55-32(40)34(2,3)22-51-17-15-49-19-21-54-58(44,45)46/h10-13,42-43H,9,14-23H2,1-8H3,(H2,44,45,46). The average molecular weight is 869 g/mol. The Morgan fingerprint density at radius 2 is 1.21 bits per heavy atom. The number of amides is 1. The molecule has 2 aromatic rings. The summed E-state index contributed by atoms with van der Waals surface area (Å²) in [5.74, 6) is -4.34. The Labute approximate surface area is 337 Å². The van der Waals surface area contributed by atoms with Gasteiger partial charge < -0.3 is 66.9 Å². The maximum Gasteiger partial charge on any atom is 0.469 e. The summed E-state index contributed by atoms with van der Waals surface area (Å²) in [5.41, 5.74) is -3.41. The molecule has 0 spiro atoms. The molecule has 1 aromatic carbocycles. The van der Waals surface area contributed by atoms with Gasteiger partial charge in [-0.1, -0.05) is 0 Å². The molecule has 1 heterocycles. The van der Waals surface area contributed by atoms with Gasteiger partial charge in [-0.3, -0.25) is 23.5 Å². The fourth-order valence-electron chi connectivity index (χ4n) is 4.56. The summed E-state index contributed by atoms with van der Waals surface area (Å²) in [6, 6.07) is 6.19. The number of phosphoric acid groups is 1. The van der Waals surface area contributed by atoms with Crippen molar-refractivity contribution >= 4 is 40.2 Å². The summed E-state index contributed by atoms with van der Waals surface area (Å²) in [4.78, 5) is 92.1. The summed E-state index contributed by atoms with van der Waals surface area (Å²) in [7, 11) is -2.83. The van der Waals surface area contributed by atoms with Crippen LogP contribution in [0.1, 0.15) is 55.6 Å². The molecule has 21 nitrogen and oxygen atoms in total. The Kier molecular flexibility index (Phi) is 20.8. The third-order valence-electron chi connectivity index (χ3n) is 7.58. The lowest BCUT2D eigenvalue weighted by Crippen LogP contribution is -2.36. The van der Waals surface area contributed by atoms with E-state index < -0.39 is 68.3 Å². The number of aromatic nitrogens is 1. The fraction of sp³-hybridized carbons (Fsp3) is 0.600. The fourth-order valence-corrected chi connectivity index (χ4v) is 5.11. The van der Waals surface area contributed by atoms with Crippen molar-refractivity contribution in [1.82, 2.24) is 9.47 Å². The molecular formula is C35H54N2O19P2. The van der Waals surface area contributed by atoms with Gasteiger partial charge in [-0.05, 0) is 58.9 Å². The predicted octanol–water partition coefficient (Wildman–Crippen LogP) is 2.63. The van der Waals surface area contributed by atoms with Crippen LogP contribution in [0, 0.1) is 10.8 Å². The first-order valence-electron chi connectivity index (χ1n) is 17.7. The van der Waals surface area contributed by atoms with Gasteiger partial charge >= 0.3 is 34.3 Å². The van der Waals surface area contributed by atoms with Gasteiger partial charge in [-0.2, -0.15) is 0 Å². The van der Waals surface area contributed by atoms with E-state index in [1.807, 2.05) is 0 Å². The molecule has 0 unspecified atom stereocenters. The predicted molar refractivity (Wildman–Crippen MR) is 204 cm³/mol. The van der Waals surface area contributed by atoms with Crippen molar-refractivity contribution in [2.45, 2.75) is 34.6 Å². The molecule has 0 bridgehead atoms. The van der Waals surface area contributed by atoms with E-state index in [-0.39, 0.29) is 84.1 Å². The molecule has 4 N–H and O–H groups in total. The minimum Gasteiger partial charge on any atom is -0.497 e. The normalized spacial score (nSPS) is 12.1. The first-order valence-corrected chi connectivity index (χ1v) is 20.4. The lowest BCUT2D eigenvalue weighted by molar-refractivity contribution is -0.150. The van der Waals surface area contributed by atoms with Gasteiger partial charge in [0.25, 0.3) is 5.91 Å². The molecule has 0 aliphatic heterocycles. The largest absolute Gasteiger partial charge is 0.497 e. The van der Waals surface area contributed by atoms with Crippen LogP contribution in [0.3, 0.4) is 0 Å². The van der Waals surface area contributed by atoms with Crippen LogP contribution < -0.4 is 14.2 Å². The number of rotatable bonds is 27. The number of phosphoric ester groups is 1. The molecule has 0 aliphatic rings. The van der Waals surface area contributed by atoms with Gasteiger partial charge in [-0.15, -0.1) is 0 Å². The van der Waals surface area contributed by atoms with Crippen LogP contribution in [0.4, 0.5) is 0 Å². The van der Waals surface area contributed by atoms with E-state index in [2.05, 4.69) is 9.05 Å². The Morgan fingerprint density at radius 3 is 1.66 bits per heavy atom. The van der Waals surface area contributed by atoms with E-state index in [0.29, 0.717) is 5.75 Å². The van der Waals surface area contributed by atoms with E-state index >= 15 is 0 Å². The first-order chi connectivity index (χ1) is 27.2. The lowest BCUT2D eigenvalue weighted by Gasteiger charge is -2.24. The second kappa shape index (κ2) is 23.9. The van der Waals surface area contributed by atoms with E-state index in [1.165, 1.54) is 70.5 Å². The highest BCUT2D eigenvalue weighted by atomic mass is 31.2. The summed E-state index contributed by atoms with van der Waals surface area (Å²) < 4.78 is 65.2. The number of esters is 3. The highest BCUT2D eigenvalue weighted by Crippen LogP contribution is 2.44. The van der Waals surface area contributed by atoms with Crippen LogP contribution in [0.25, 0.3) is 5.69 Å². The zero-order chi connectivity index (χ0) is 43.7. The van der Waals surface area contributed by atoms with Gasteiger partial charge in [0, 0.05) is 19.8 Å². The molecule has 0 fully saturated rings. The smallest absolute Gasteiger partial charge is 0.469 e. The number of methoxy groups -OCH3 is 1. The molecule has 23 heteroatoms. The van der Waals surface area contributed by atoms with E-state index in [1.54, 1.807) is 19.1 Å². The van der Waals surface area contributed by atoms with Gasteiger partial charge in [0.05, 0.1) is 90.6 Å². The van der Waals surface area contributed by atoms with Crippen LogP contribution in [-0.4, -0.2) is 147 Å². The lowest BCUT2D eigenvalue weighted by atomic mass is 9.95. The van der Waals surface area contributed by atoms with Crippen LogP contribution >= 0.6 is 16.4 Å². The third kappa shape index (κ3) is 16.2. The highest BCUT2D eigenvalue weighted by Gasteiger charge is 2.42. The summed E-state index contributed by atoms with van der Waals surface area (Å²) >= 11 is 0. The number of hydrogen-bond donors (Lipinski definition) is 4. The molecule has 0 saturated heterocycles. The molecule has 1 aromatic heterocycles. The summed E-state index contributed by atoms with van der Waals surface area (Å²) in [5, 5.41) is 0. The Balaban J connectivity index is 2.55. The molecular weight excluding hydrogens is 814 g/mol. The highest BCUT2D eigenvalue weighted by molar-refractivity contribution is 7.46. The van der Waals surface area contributed by atoms with Crippen molar-refractivity contribution in [1.29, 1.82) is 0 Å². The van der Waals surface area contributed by atoms with E-state index in [9.17, 15) is 23.7 Å². The zero-order valence-electron chi connectivity index (χ0n) is 33.8. The Morgan fingerprint density at radius 1 is 0.741 bits per heavy atom. The van der Waals surface area contributed by atoms with Crippen molar-refractivity contribution in [2.75, 3.05) is 93.9 Å². The van der Waals surface area contributed by atoms with E-state index in [0.717, 1.165) is 0 Å². The summed E-state index contributed by atoms with van der Waals surface area (Å²) in [6.07, 6.45) is 0. The van der Waals surface area contributed by atoms with Crippen LogP contribution in [0.5, 0.6) is 17.2 Å². The number of carbonyl (C=O) groups excluding carboxylic acids is 4. The first kappa shape index (κ1) is 50.6. The molecule has 0 aliphatic carbocycles. The molecule has 0 radical (unpaired) electrons. The Bertz CT molecular complexity index is 1690. The van der Waals surface area contributed by atoms with Gasteiger partial charge in [0.2, 0.25) is 11.5 Å². The van der Waals surface area contributed by atoms with Gasteiger partial charge in [0.15, 0.2) is 11.4 Å². The topological polar surface area (TPSA) is 267 Å². The molecule has 328 valence electrons. The minimum absolute atomic E-state index is 0.0114. The quantitative estimate of drug-likeness (QED) is 0.0571. The van der Waals surface area contributed by atoms with Gasteiger partial charge in [-0.25, -0.2) is 9.36 Å². The number of ether oxygens (including phenoxy) is 8. The van der Waals surface area contributed by atoms with Crippen LogP contribution in [-0.2, 0) is 46.9 Å². The van der Waals surface area contributed by atoms with Crippen molar-refractivity contribution in [3.05, 3.63) is 35.7 Å². The summed E-state index contributed by atoms with van der Waals surface area (Å²) in [6.45, 7) is 6.55. The monoisotopic (exact) mass is 868 g/mol. The number of nitrogens with zero attached hydrogens (tertiary/aromatic N) is 2. The average Bonchev–Trinajstić information content (AvgIpc) is 3.45. The molecule has 2 rings (SSSR count). The van der Waals surface area contributed by atoms with Crippen molar-refractivity contribution in [3.63, 3.8) is 0 Å². The number of carbonyl (C=O) groups is 4. The third-order valence-corrected chi connectivity index (χ3v) is 8.51. The van der Waals surface area contributed by atoms with Gasteiger partial charge in [0.1, 0.15) is 5.75 Å². The molecule has 0 saturated carbocycles.